The Hall–Kier alpha value is -3.36. The van der Waals surface area contributed by atoms with Gasteiger partial charge in [0.1, 0.15) is 5.75 Å². The van der Waals surface area contributed by atoms with E-state index >= 15 is 0 Å². The van der Waals surface area contributed by atoms with E-state index in [1.165, 1.54) is 51.7 Å². The summed E-state index contributed by atoms with van der Waals surface area (Å²) in [6, 6.07) is 8.18. The summed E-state index contributed by atoms with van der Waals surface area (Å²) in [7, 11) is 3.90. The number of hydrogen-bond donors (Lipinski definition) is 1. The summed E-state index contributed by atoms with van der Waals surface area (Å²) in [5.74, 6) is -1.09. The van der Waals surface area contributed by atoms with Crippen LogP contribution in [0.1, 0.15) is 20.7 Å². The number of benzene rings is 2. The first-order valence-corrected chi connectivity index (χ1v) is 7.60. The van der Waals surface area contributed by atoms with E-state index in [1.807, 2.05) is 0 Å². The van der Waals surface area contributed by atoms with E-state index in [-0.39, 0.29) is 28.3 Å². The number of hydrogen-bond acceptors (Lipinski definition) is 6. The summed E-state index contributed by atoms with van der Waals surface area (Å²) in [6.45, 7) is -3.03. The maximum atomic E-state index is 12.5. The molecule has 27 heavy (non-hydrogen) atoms. The minimum Gasteiger partial charge on any atom is -0.497 e. The van der Waals surface area contributed by atoms with Crippen molar-refractivity contribution in [3.63, 3.8) is 0 Å². The summed E-state index contributed by atoms with van der Waals surface area (Å²) in [4.78, 5) is 24.4. The van der Waals surface area contributed by atoms with Crippen LogP contribution < -0.4 is 19.5 Å². The summed E-state index contributed by atoms with van der Waals surface area (Å²) >= 11 is 0. The maximum Gasteiger partial charge on any atom is 0.387 e. The first kappa shape index (κ1) is 20.0. The predicted octanol–water partition coefficient (Wildman–Crippen LogP) is 3.34. The molecular weight excluding hydrogens is 364 g/mol. The number of nitrogens with one attached hydrogen (secondary N) is 1. The molecule has 0 aliphatic heterocycles. The van der Waals surface area contributed by atoms with Gasteiger partial charge in [-0.2, -0.15) is 8.78 Å². The van der Waals surface area contributed by atoms with Gasteiger partial charge < -0.3 is 24.3 Å². The van der Waals surface area contributed by atoms with Crippen LogP contribution in [-0.4, -0.2) is 39.8 Å². The van der Waals surface area contributed by atoms with Gasteiger partial charge in [-0.15, -0.1) is 0 Å². The number of methoxy groups -OCH3 is 3. The molecule has 144 valence electrons. The van der Waals surface area contributed by atoms with E-state index in [1.54, 1.807) is 6.07 Å². The predicted molar refractivity (Wildman–Crippen MR) is 91.9 cm³/mol. The highest BCUT2D eigenvalue weighted by Crippen LogP contribution is 2.30. The number of amides is 1. The van der Waals surface area contributed by atoms with Crippen LogP contribution in [0.4, 0.5) is 14.5 Å². The van der Waals surface area contributed by atoms with Gasteiger partial charge in [0.25, 0.3) is 5.91 Å². The molecule has 0 spiro atoms. The number of ether oxygens (including phenoxy) is 4. The van der Waals surface area contributed by atoms with Crippen molar-refractivity contribution >= 4 is 17.6 Å². The maximum absolute atomic E-state index is 12.5. The van der Waals surface area contributed by atoms with Crippen molar-refractivity contribution in [3.8, 4) is 17.2 Å². The van der Waals surface area contributed by atoms with Gasteiger partial charge in [-0.1, -0.05) is 0 Å². The Morgan fingerprint density at radius 2 is 1.70 bits per heavy atom. The lowest BCUT2D eigenvalue weighted by Crippen LogP contribution is -2.16. The summed E-state index contributed by atoms with van der Waals surface area (Å²) < 4.78 is 43.8. The topological polar surface area (TPSA) is 83.1 Å². The second kappa shape index (κ2) is 8.84. The van der Waals surface area contributed by atoms with Crippen molar-refractivity contribution in [1.29, 1.82) is 0 Å². The van der Waals surface area contributed by atoms with Crippen LogP contribution in [-0.2, 0) is 4.74 Å². The Morgan fingerprint density at radius 3 is 2.30 bits per heavy atom. The fourth-order valence-corrected chi connectivity index (χ4v) is 2.23. The molecule has 2 aromatic rings. The van der Waals surface area contributed by atoms with Crippen molar-refractivity contribution < 1.29 is 37.3 Å². The zero-order chi connectivity index (χ0) is 20.0. The second-order valence-electron chi connectivity index (χ2n) is 5.10. The van der Waals surface area contributed by atoms with Crippen LogP contribution in [0.5, 0.6) is 17.2 Å². The zero-order valence-electron chi connectivity index (χ0n) is 14.7. The highest BCUT2D eigenvalue weighted by molar-refractivity contribution is 6.08. The van der Waals surface area contributed by atoms with E-state index in [2.05, 4.69) is 10.1 Å². The van der Waals surface area contributed by atoms with Gasteiger partial charge in [0.05, 0.1) is 32.6 Å². The number of carbonyl (C=O) groups is 2. The number of rotatable bonds is 7. The van der Waals surface area contributed by atoms with Gasteiger partial charge in [-0.05, 0) is 36.4 Å². The molecule has 0 aliphatic rings. The molecule has 0 unspecified atom stereocenters. The molecule has 0 atom stereocenters. The minimum absolute atomic E-state index is 0.0362. The fraction of sp³-hybridized carbons (Fsp3) is 0.222. The van der Waals surface area contributed by atoms with Crippen molar-refractivity contribution in [2.24, 2.45) is 0 Å². The molecule has 0 saturated carbocycles. The van der Waals surface area contributed by atoms with Crippen LogP contribution in [0.15, 0.2) is 36.4 Å². The van der Waals surface area contributed by atoms with Gasteiger partial charge in [0, 0.05) is 5.56 Å². The van der Waals surface area contributed by atoms with Gasteiger partial charge in [-0.25, -0.2) is 4.79 Å². The number of anilines is 1. The third kappa shape index (κ3) is 4.84. The lowest BCUT2D eigenvalue weighted by molar-refractivity contribution is -0.0512. The molecule has 7 nitrogen and oxygen atoms in total. The summed E-state index contributed by atoms with van der Waals surface area (Å²) in [6.07, 6.45) is 0. The van der Waals surface area contributed by atoms with Gasteiger partial charge in [0.15, 0.2) is 11.5 Å². The third-order valence-electron chi connectivity index (χ3n) is 3.52. The smallest absolute Gasteiger partial charge is 0.387 e. The van der Waals surface area contributed by atoms with Crippen LogP contribution in [0, 0.1) is 0 Å². The van der Waals surface area contributed by atoms with E-state index in [0.29, 0.717) is 5.75 Å². The molecule has 0 aromatic heterocycles. The lowest BCUT2D eigenvalue weighted by Gasteiger charge is -2.13. The Kier molecular flexibility index (Phi) is 6.53. The fourth-order valence-electron chi connectivity index (χ4n) is 2.23. The number of carbonyl (C=O) groups excluding carboxylic acids is 2. The Bertz CT molecular complexity index is 841. The molecule has 0 radical (unpaired) electrons. The van der Waals surface area contributed by atoms with Crippen molar-refractivity contribution in [2.75, 3.05) is 26.6 Å². The number of halogens is 2. The molecule has 2 aromatic carbocycles. The van der Waals surface area contributed by atoms with Crippen molar-refractivity contribution in [2.45, 2.75) is 6.61 Å². The SMILES string of the molecule is COC(=O)c1cc(OC)ccc1NC(=O)c1ccc(OC(F)F)c(OC)c1. The number of esters is 1. The van der Waals surface area contributed by atoms with E-state index in [0.717, 1.165) is 0 Å². The molecule has 9 heteroatoms. The lowest BCUT2D eigenvalue weighted by atomic mass is 10.1. The average molecular weight is 381 g/mol. The monoisotopic (exact) mass is 381 g/mol. The Balaban J connectivity index is 2.30. The second-order valence-corrected chi connectivity index (χ2v) is 5.10. The zero-order valence-corrected chi connectivity index (χ0v) is 14.7. The van der Waals surface area contributed by atoms with E-state index in [4.69, 9.17) is 14.2 Å². The van der Waals surface area contributed by atoms with Gasteiger partial charge in [0.2, 0.25) is 0 Å². The minimum atomic E-state index is -3.03. The normalized spacial score (nSPS) is 10.3. The summed E-state index contributed by atoms with van der Waals surface area (Å²) in [5, 5.41) is 2.57. The molecular formula is C18H17F2NO6. The Morgan fingerprint density at radius 1 is 0.963 bits per heavy atom. The van der Waals surface area contributed by atoms with Crippen LogP contribution in [0.3, 0.4) is 0 Å². The van der Waals surface area contributed by atoms with Crippen LogP contribution in [0.25, 0.3) is 0 Å². The molecule has 1 amide bonds. The highest BCUT2D eigenvalue weighted by Gasteiger charge is 2.18. The molecule has 0 heterocycles. The van der Waals surface area contributed by atoms with Crippen molar-refractivity contribution in [1.82, 2.24) is 0 Å². The average Bonchev–Trinajstić information content (AvgIpc) is 2.67. The molecule has 1 N–H and O–H groups in total. The molecule has 0 aliphatic carbocycles. The van der Waals surface area contributed by atoms with Gasteiger partial charge in [-0.3, -0.25) is 4.79 Å². The molecule has 0 saturated heterocycles. The quantitative estimate of drug-likeness (QED) is 0.741. The van der Waals surface area contributed by atoms with E-state index in [9.17, 15) is 18.4 Å². The largest absolute Gasteiger partial charge is 0.497 e. The van der Waals surface area contributed by atoms with E-state index < -0.39 is 18.5 Å². The summed E-state index contributed by atoms with van der Waals surface area (Å²) in [5.41, 5.74) is 0.398. The number of alkyl halides is 2. The first-order valence-electron chi connectivity index (χ1n) is 7.60. The first-order chi connectivity index (χ1) is 12.9. The van der Waals surface area contributed by atoms with Crippen LogP contribution in [0.2, 0.25) is 0 Å². The Labute approximate surface area is 153 Å². The van der Waals surface area contributed by atoms with Crippen molar-refractivity contribution in [3.05, 3.63) is 47.5 Å². The molecule has 0 bridgehead atoms. The standard InChI is InChI=1S/C18H17F2NO6/c1-24-11-5-6-13(12(9-11)17(23)26-3)21-16(22)10-4-7-14(27-18(19)20)15(8-10)25-2/h4-9,18H,1-3H3,(H,21,22). The van der Waals surface area contributed by atoms with Crippen LogP contribution >= 0.6 is 0 Å². The molecule has 2 rings (SSSR count). The molecule has 0 fully saturated rings. The highest BCUT2D eigenvalue weighted by atomic mass is 19.3. The third-order valence-corrected chi connectivity index (χ3v) is 3.52. The van der Waals surface area contributed by atoms with Gasteiger partial charge >= 0.3 is 12.6 Å².